The highest BCUT2D eigenvalue weighted by Gasteiger charge is 2.14. The maximum atomic E-state index is 12.5. The Morgan fingerprint density at radius 2 is 2.00 bits per heavy atom. The van der Waals surface area contributed by atoms with Crippen molar-refractivity contribution in [2.75, 3.05) is 11.9 Å². The summed E-state index contributed by atoms with van der Waals surface area (Å²) in [5.74, 6) is 0.612. The van der Waals surface area contributed by atoms with Gasteiger partial charge in [0.2, 0.25) is 0 Å². The molecule has 2 heterocycles. The number of aromatic amines is 1. The molecule has 3 N–H and O–H groups in total. The Morgan fingerprint density at radius 1 is 1.20 bits per heavy atom. The van der Waals surface area contributed by atoms with Crippen LogP contribution in [0.3, 0.4) is 0 Å². The third kappa shape index (κ3) is 4.03. The van der Waals surface area contributed by atoms with Crippen molar-refractivity contribution in [3.8, 4) is 11.3 Å². The molecule has 25 heavy (non-hydrogen) atoms. The van der Waals surface area contributed by atoms with E-state index >= 15 is 0 Å². The van der Waals surface area contributed by atoms with Crippen LogP contribution in [0.5, 0.6) is 0 Å². The van der Waals surface area contributed by atoms with E-state index in [0.717, 1.165) is 29.2 Å². The van der Waals surface area contributed by atoms with Crippen LogP contribution in [0.1, 0.15) is 35.9 Å². The van der Waals surface area contributed by atoms with Crippen molar-refractivity contribution in [1.82, 2.24) is 20.3 Å². The van der Waals surface area contributed by atoms with E-state index in [2.05, 4.69) is 25.6 Å². The smallest absolute Gasteiger partial charge is 0.268 e. The minimum absolute atomic E-state index is 0.0696. The molecule has 0 saturated carbocycles. The summed E-state index contributed by atoms with van der Waals surface area (Å²) >= 11 is 0. The summed E-state index contributed by atoms with van der Waals surface area (Å²) in [7, 11) is 0. The lowest BCUT2D eigenvalue weighted by molar-refractivity contribution is 0.0935. The van der Waals surface area contributed by atoms with Gasteiger partial charge in [-0.3, -0.25) is 4.79 Å². The molecule has 0 unspecified atom stereocenters. The van der Waals surface area contributed by atoms with Gasteiger partial charge in [-0.2, -0.15) is 0 Å². The van der Waals surface area contributed by atoms with Crippen LogP contribution in [-0.2, 0) is 0 Å². The van der Waals surface area contributed by atoms with Gasteiger partial charge in [0.15, 0.2) is 0 Å². The molecule has 1 atom stereocenters. The quantitative estimate of drug-likeness (QED) is 0.645. The Morgan fingerprint density at radius 3 is 2.76 bits per heavy atom. The summed E-state index contributed by atoms with van der Waals surface area (Å²) < 4.78 is 0. The Balaban J connectivity index is 1.72. The SMILES string of the molecule is CCNc1cc(-c2c[nH]c(C(=O)N[C@H](C)c3ccccc3)c2)ncn1. The van der Waals surface area contributed by atoms with E-state index in [-0.39, 0.29) is 11.9 Å². The zero-order valence-corrected chi connectivity index (χ0v) is 14.3. The number of benzene rings is 1. The maximum Gasteiger partial charge on any atom is 0.268 e. The first-order valence-electron chi connectivity index (χ1n) is 8.28. The van der Waals surface area contributed by atoms with Gasteiger partial charge >= 0.3 is 0 Å². The molecule has 2 aromatic heterocycles. The van der Waals surface area contributed by atoms with Crippen molar-refractivity contribution in [2.45, 2.75) is 19.9 Å². The van der Waals surface area contributed by atoms with Gasteiger partial charge in [0.1, 0.15) is 17.8 Å². The number of rotatable bonds is 6. The lowest BCUT2D eigenvalue weighted by Crippen LogP contribution is -2.26. The van der Waals surface area contributed by atoms with Gasteiger partial charge in [-0.25, -0.2) is 9.97 Å². The molecule has 0 saturated heterocycles. The van der Waals surface area contributed by atoms with Gasteiger partial charge in [0.05, 0.1) is 11.7 Å². The van der Waals surface area contributed by atoms with Gasteiger partial charge in [-0.15, -0.1) is 0 Å². The second-order valence-corrected chi connectivity index (χ2v) is 5.73. The zero-order valence-electron chi connectivity index (χ0n) is 14.3. The lowest BCUT2D eigenvalue weighted by Gasteiger charge is -2.13. The first kappa shape index (κ1) is 16.7. The van der Waals surface area contributed by atoms with Crippen LogP contribution >= 0.6 is 0 Å². The molecule has 0 aliphatic heterocycles. The molecule has 1 aromatic carbocycles. The largest absolute Gasteiger partial charge is 0.370 e. The summed E-state index contributed by atoms with van der Waals surface area (Å²) in [6, 6.07) is 13.5. The topological polar surface area (TPSA) is 82.7 Å². The van der Waals surface area contributed by atoms with E-state index in [9.17, 15) is 4.79 Å². The first-order valence-corrected chi connectivity index (χ1v) is 8.28. The molecule has 0 radical (unpaired) electrons. The fraction of sp³-hybridized carbons (Fsp3) is 0.211. The third-order valence-corrected chi connectivity index (χ3v) is 3.90. The van der Waals surface area contributed by atoms with Crippen LogP contribution in [-0.4, -0.2) is 27.4 Å². The van der Waals surface area contributed by atoms with E-state index in [0.29, 0.717) is 5.69 Å². The lowest BCUT2D eigenvalue weighted by atomic mass is 10.1. The minimum atomic E-state index is -0.149. The average molecular weight is 335 g/mol. The molecular formula is C19H21N5O. The molecule has 0 aliphatic carbocycles. The molecule has 3 aromatic rings. The summed E-state index contributed by atoms with van der Waals surface area (Å²) in [6.45, 7) is 4.76. The molecule has 1 amide bonds. The normalized spacial score (nSPS) is 11.8. The number of hydrogen-bond acceptors (Lipinski definition) is 4. The summed E-state index contributed by atoms with van der Waals surface area (Å²) in [5.41, 5.74) is 3.17. The number of H-pyrrole nitrogens is 1. The van der Waals surface area contributed by atoms with Gasteiger partial charge in [-0.05, 0) is 25.5 Å². The van der Waals surface area contributed by atoms with Crippen molar-refractivity contribution in [3.05, 3.63) is 66.2 Å². The number of nitrogens with one attached hydrogen (secondary N) is 3. The van der Waals surface area contributed by atoms with Crippen molar-refractivity contribution < 1.29 is 4.79 Å². The highest BCUT2D eigenvalue weighted by molar-refractivity contribution is 5.94. The molecule has 0 fully saturated rings. The highest BCUT2D eigenvalue weighted by Crippen LogP contribution is 2.20. The predicted octanol–water partition coefficient (Wildman–Crippen LogP) is 3.39. The molecular weight excluding hydrogens is 314 g/mol. The predicted molar refractivity (Wildman–Crippen MR) is 98.3 cm³/mol. The van der Waals surface area contributed by atoms with Crippen LogP contribution in [0, 0.1) is 0 Å². The number of anilines is 1. The second kappa shape index (κ2) is 7.61. The van der Waals surface area contributed by atoms with Crippen molar-refractivity contribution in [1.29, 1.82) is 0 Å². The van der Waals surface area contributed by atoms with Gasteiger partial charge in [0, 0.05) is 24.4 Å². The highest BCUT2D eigenvalue weighted by atomic mass is 16.1. The number of carbonyl (C=O) groups excluding carboxylic acids is 1. The Kier molecular flexibility index (Phi) is 5.09. The second-order valence-electron chi connectivity index (χ2n) is 5.73. The van der Waals surface area contributed by atoms with E-state index in [4.69, 9.17) is 0 Å². The third-order valence-electron chi connectivity index (χ3n) is 3.90. The Labute approximate surface area is 146 Å². The first-order chi connectivity index (χ1) is 12.2. The molecule has 6 heteroatoms. The summed E-state index contributed by atoms with van der Waals surface area (Å²) in [5, 5.41) is 6.14. The molecule has 128 valence electrons. The minimum Gasteiger partial charge on any atom is -0.370 e. The van der Waals surface area contributed by atoms with Crippen LogP contribution in [0.2, 0.25) is 0 Å². The molecule has 0 bridgehead atoms. The van der Waals surface area contributed by atoms with Crippen molar-refractivity contribution in [3.63, 3.8) is 0 Å². The number of aromatic nitrogens is 3. The van der Waals surface area contributed by atoms with Gasteiger partial charge in [0.25, 0.3) is 5.91 Å². The maximum absolute atomic E-state index is 12.5. The molecule has 0 aliphatic rings. The number of hydrogen-bond donors (Lipinski definition) is 3. The van der Waals surface area contributed by atoms with Crippen molar-refractivity contribution >= 4 is 11.7 Å². The number of carbonyl (C=O) groups is 1. The van der Waals surface area contributed by atoms with E-state index in [1.807, 2.05) is 50.2 Å². The molecule has 3 rings (SSSR count). The zero-order chi connectivity index (χ0) is 17.6. The van der Waals surface area contributed by atoms with Crippen LogP contribution in [0.15, 0.2) is 55.0 Å². The van der Waals surface area contributed by atoms with Crippen LogP contribution < -0.4 is 10.6 Å². The average Bonchev–Trinajstić information content (AvgIpc) is 3.13. The van der Waals surface area contributed by atoms with Crippen molar-refractivity contribution in [2.24, 2.45) is 0 Å². The summed E-state index contributed by atoms with van der Waals surface area (Å²) in [4.78, 5) is 23.9. The number of nitrogens with zero attached hydrogens (tertiary/aromatic N) is 2. The van der Waals surface area contributed by atoms with Crippen LogP contribution in [0.25, 0.3) is 11.3 Å². The molecule has 0 spiro atoms. The Hall–Kier alpha value is -3.15. The van der Waals surface area contributed by atoms with E-state index in [1.165, 1.54) is 6.33 Å². The monoisotopic (exact) mass is 335 g/mol. The van der Waals surface area contributed by atoms with Gasteiger partial charge in [-0.1, -0.05) is 30.3 Å². The Bertz CT molecular complexity index is 844. The van der Waals surface area contributed by atoms with Gasteiger partial charge < -0.3 is 15.6 Å². The fourth-order valence-electron chi connectivity index (χ4n) is 2.57. The number of amides is 1. The fourth-order valence-corrected chi connectivity index (χ4v) is 2.57. The van der Waals surface area contributed by atoms with E-state index in [1.54, 1.807) is 12.3 Å². The summed E-state index contributed by atoms with van der Waals surface area (Å²) in [6.07, 6.45) is 3.29. The van der Waals surface area contributed by atoms with Crippen LogP contribution in [0.4, 0.5) is 5.82 Å². The van der Waals surface area contributed by atoms with E-state index < -0.39 is 0 Å². The molecule has 6 nitrogen and oxygen atoms in total. The standard InChI is InChI=1S/C19H21N5O/c1-3-20-18-10-16(22-12-23-18)15-9-17(21-11-15)19(25)24-13(2)14-7-5-4-6-8-14/h4-13,21H,3H2,1-2H3,(H,24,25)(H,20,22,23)/t13-/m1/s1.